The van der Waals surface area contributed by atoms with Crippen molar-refractivity contribution in [3.05, 3.63) is 58.7 Å². The third-order valence-electron chi connectivity index (χ3n) is 3.94. The Morgan fingerprint density at radius 1 is 0.636 bits per heavy atom. The second kappa shape index (κ2) is 7.88. The summed E-state index contributed by atoms with van der Waals surface area (Å²) in [4.78, 5) is 0. The van der Waals surface area contributed by atoms with Gasteiger partial charge in [-0.05, 0) is 60.1 Å². The third-order valence-corrected chi connectivity index (χ3v) is 3.94. The zero-order chi connectivity index (χ0) is 16.9. The standard InChI is InChI=1S/2C10H14O/c2*1-7(2)9-5-4-6-10(11)8(9)3/h2*4-7,11H,1-3H3. The van der Waals surface area contributed by atoms with Crippen LogP contribution in [0.3, 0.4) is 0 Å². The number of benzene rings is 2. The smallest absolute Gasteiger partial charge is 0.118 e. The number of hydrogen-bond donors (Lipinski definition) is 2. The molecule has 0 heterocycles. The molecule has 2 aromatic rings. The predicted octanol–water partition coefficient (Wildman–Crippen LogP) is 5.65. The zero-order valence-electron chi connectivity index (χ0n) is 14.5. The number of phenols is 2. The lowest BCUT2D eigenvalue weighted by Gasteiger charge is -2.09. The Kier molecular flexibility index (Phi) is 6.48. The van der Waals surface area contributed by atoms with Crippen LogP contribution in [0.2, 0.25) is 0 Å². The summed E-state index contributed by atoms with van der Waals surface area (Å²) in [6.45, 7) is 12.4. The van der Waals surface area contributed by atoms with Crippen LogP contribution in [-0.2, 0) is 0 Å². The van der Waals surface area contributed by atoms with Gasteiger partial charge in [0.2, 0.25) is 0 Å². The summed E-state index contributed by atoms with van der Waals surface area (Å²) in [5.74, 6) is 1.77. The van der Waals surface area contributed by atoms with Gasteiger partial charge in [-0.2, -0.15) is 0 Å². The molecule has 0 amide bonds. The molecule has 0 aromatic heterocycles. The van der Waals surface area contributed by atoms with E-state index in [-0.39, 0.29) is 0 Å². The summed E-state index contributed by atoms with van der Waals surface area (Å²) in [5, 5.41) is 18.7. The minimum absolute atomic E-state index is 0.399. The normalized spacial score (nSPS) is 10.5. The van der Waals surface area contributed by atoms with Crippen molar-refractivity contribution >= 4 is 0 Å². The highest BCUT2D eigenvalue weighted by molar-refractivity contribution is 5.40. The molecule has 0 unspecified atom stereocenters. The highest BCUT2D eigenvalue weighted by Crippen LogP contribution is 2.26. The number of rotatable bonds is 2. The van der Waals surface area contributed by atoms with E-state index in [0.29, 0.717) is 23.3 Å². The van der Waals surface area contributed by atoms with Gasteiger partial charge in [-0.15, -0.1) is 0 Å². The molecular formula is C20H28O2. The summed E-state index contributed by atoms with van der Waals surface area (Å²) in [7, 11) is 0. The molecule has 0 radical (unpaired) electrons. The average Bonchev–Trinajstić information content (AvgIpc) is 2.45. The molecule has 0 atom stereocenters. The summed E-state index contributed by atoms with van der Waals surface area (Å²) < 4.78 is 0. The molecule has 2 aromatic carbocycles. The van der Waals surface area contributed by atoms with E-state index >= 15 is 0 Å². The Morgan fingerprint density at radius 2 is 0.955 bits per heavy atom. The highest BCUT2D eigenvalue weighted by atomic mass is 16.3. The van der Waals surface area contributed by atoms with Crippen LogP contribution < -0.4 is 0 Å². The molecule has 0 aliphatic heterocycles. The monoisotopic (exact) mass is 300 g/mol. The second-order valence-corrected chi connectivity index (χ2v) is 6.29. The molecule has 2 nitrogen and oxygen atoms in total. The van der Waals surface area contributed by atoms with E-state index in [1.165, 1.54) is 11.1 Å². The van der Waals surface area contributed by atoms with Crippen LogP contribution in [0.1, 0.15) is 61.8 Å². The molecule has 0 aliphatic carbocycles. The van der Waals surface area contributed by atoms with Gasteiger partial charge in [-0.1, -0.05) is 52.0 Å². The first-order chi connectivity index (χ1) is 10.3. The molecule has 0 aliphatic rings. The number of hydrogen-bond acceptors (Lipinski definition) is 2. The molecule has 22 heavy (non-hydrogen) atoms. The number of aromatic hydroxyl groups is 2. The molecule has 2 rings (SSSR count). The minimum Gasteiger partial charge on any atom is -0.508 e. The Morgan fingerprint density at radius 3 is 1.18 bits per heavy atom. The Labute approximate surface area is 134 Å². The predicted molar refractivity (Wildman–Crippen MR) is 93.9 cm³/mol. The molecule has 0 saturated heterocycles. The van der Waals surface area contributed by atoms with Gasteiger partial charge in [0.25, 0.3) is 0 Å². The largest absolute Gasteiger partial charge is 0.508 e. The lowest BCUT2D eigenvalue weighted by Crippen LogP contribution is -1.90. The van der Waals surface area contributed by atoms with E-state index in [0.717, 1.165) is 11.1 Å². The van der Waals surface area contributed by atoms with Crippen LogP contribution in [0.25, 0.3) is 0 Å². The van der Waals surface area contributed by atoms with Crippen molar-refractivity contribution in [2.45, 2.75) is 53.4 Å². The average molecular weight is 300 g/mol. The molecular weight excluding hydrogens is 272 g/mol. The molecule has 0 bridgehead atoms. The second-order valence-electron chi connectivity index (χ2n) is 6.29. The van der Waals surface area contributed by atoms with Crippen molar-refractivity contribution < 1.29 is 10.2 Å². The van der Waals surface area contributed by atoms with E-state index in [1.54, 1.807) is 12.1 Å². The van der Waals surface area contributed by atoms with Crippen molar-refractivity contribution in [2.24, 2.45) is 0 Å². The Hall–Kier alpha value is -1.96. The summed E-state index contributed by atoms with van der Waals surface area (Å²) in [6.07, 6.45) is 0. The first kappa shape index (κ1) is 18.1. The van der Waals surface area contributed by atoms with Gasteiger partial charge in [0.05, 0.1) is 0 Å². The topological polar surface area (TPSA) is 40.5 Å². The van der Waals surface area contributed by atoms with Crippen LogP contribution in [0, 0.1) is 13.8 Å². The van der Waals surface area contributed by atoms with Crippen molar-refractivity contribution in [3.63, 3.8) is 0 Å². The maximum Gasteiger partial charge on any atom is 0.118 e. The SMILES string of the molecule is Cc1c(O)cccc1C(C)C.Cc1c(O)cccc1C(C)C. The van der Waals surface area contributed by atoms with Crippen molar-refractivity contribution in [3.8, 4) is 11.5 Å². The molecule has 120 valence electrons. The quantitative estimate of drug-likeness (QED) is 0.752. The van der Waals surface area contributed by atoms with Crippen molar-refractivity contribution in [2.75, 3.05) is 0 Å². The maximum atomic E-state index is 9.35. The molecule has 0 fully saturated rings. The van der Waals surface area contributed by atoms with Gasteiger partial charge in [-0.3, -0.25) is 0 Å². The van der Waals surface area contributed by atoms with Gasteiger partial charge < -0.3 is 10.2 Å². The summed E-state index contributed by atoms with van der Waals surface area (Å²) >= 11 is 0. The molecule has 0 spiro atoms. The van der Waals surface area contributed by atoms with Gasteiger partial charge in [-0.25, -0.2) is 0 Å². The van der Waals surface area contributed by atoms with Gasteiger partial charge in [0.15, 0.2) is 0 Å². The van der Waals surface area contributed by atoms with E-state index in [9.17, 15) is 10.2 Å². The summed E-state index contributed by atoms with van der Waals surface area (Å²) in [6, 6.07) is 11.3. The van der Waals surface area contributed by atoms with Crippen LogP contribution in [0.15, 0.2) is 36.4 Å². The fraction of sp³-hybridized carbons (Fsp3) is 0.400. The third kappa shape index (κ3) is 4.52. The van der Waals surface area contributed by atoms with Crippen LogP contribution in [-0.4, -0.2) is 10.2 Å². The molecule has 2 heteroatoms. The van der Waals surface area contributed by atoms with E-state index < -0.39 is 0 Å². The lowest BCUT2D eigenvalue weighted by atomic mass is 9.98. The highest BCUT2D eigenvalue weighted by Gasteiger charge is 2.05. The van der Waals surface area contributed by atoms with E-state index in [1.807, 2.05) is 26.0 Å². The minimum atomic E-state index is 0.399. The molecule has 0 saturated carbocycles. The number of phenolic OH excluding ortho intramolecular Hbond substituents is 2. The maximum absolute atomic E-state index is 9.35. The van der Waals surface area contributed by atoms with E-state index in [4.69, 9.17) is 0 Å². The van der Waals surface area contributed by atoms with Gasteiger partial charge >= 0.3 is 0 Å². The van der Waals surface area contributed by atoms with Crippen LogP contribution >= 0.6 is 0 Å². The van der Waals surface area contributed by atoms with Gasteiger partial charge in [0.1, 0.15) is 11.5 Å². The molecule has 2 N–H and O–H groups in total. The van der Waals surface area contributed by atoms with E-state index in [2.05, 4.69) is 39.8 Å². The van der Waals surface area contributed by atoms with Crippen molar-refractivity contribution in [1.82, 2.24) is 0 Å². The lowest BCUT2D eigenvalue weighted by molar-refractivity contribution is 0.469. The fourth-order valence-corrected chi connectivity index (χ4v) is 2.53. The zero-order valence-corrected chi connectivity index (χ0v) is 14.5. The first-order valence-electron chi connectivity index (χ1n) is 7.82. The Bertz CT molecular complexity index is 558. The fourth-order valence-electron chi connectivity index (χ4n) is 2.53. The van der Waals surface area contributed by atoms with Crippen molar-refractivity contribution in [1.29, 1.82) is 0 Å². The Balaban J connectivity index is 0.000000220. The van der Waals surface area contributed by atoms with Gasteiger partial charge in [0, 0.05) is 0 Å². The van der Waals surface area contributed by atoms with Crippen LogP contribution in [0.5, 0.6) is 11.5 Å². The summed E-state index contributed by atoms with van der Waals surface area (Å²) in [5.41, 5.74) is 4.46. The first-order valence-corrected chi connectivity index (χ1v) is 7.82. The van der Waals surface area contributed by atoms with Crippen LogP contribution in [0.4, 0.5) is 0 Å².